The van der Waals surface area contributed by atoms with Crippen LogP contribution in [0.4, 0.5) is 35.0 Å². The summed E-state index contributed by atoms with van der Waals surface area (Å²) < 4.78 is 40.5. The van der Waals surface area contributed by atoms with Crippen LogP contribution in [0, 0.1) is 13.8 Å². The normalized spacial score (nSPS) is 17.3. The number of aryl methyl sites for hydroxylation is 2. The van der Waals surface area contributed by atoms with Crippen LogP contribution >= 0.6 is 11.8 Å². The van der Waals surface area contributed by atoms with E-state index in [1.165, 1.54) is 29.2 Å². The number of phenolic OH excluding ortho intramolecular Hbond substituents is 1. The van der Waals surface area contributed by atoms with Gasteiger partial charge >= 0.3 is 6.18 Å². The molecule has 2 aliphatic rings. The predicted octanol–water partition coefficient (Wildman–Crippen LogP) is 5.85. The summed E-state index contributed by atoms with van der Waals surface area (Å²) in [6, 6.07) is 12.4. The van der Waals surface area contributed by atoms with Gasteiger partial charge in [-0.25, -0.2) is 0 Å². The van der Waals surface area contributed by atoms with Crippen molar-refractivity contribution in [3.05, 3.63) is 87.3 Å². The number of hydrogen-bond donors (Lipinski definition) is 3. The highest BCUT2D eigenvalue weighted by Crippen LogP contribution is 2.41. The van der Waals surface area contributed by atoms with E-state index in [-0.39, 0.29) is 33.3 Å². The van der Waals surface area contributed by atoms with Gasteiger partial charge in [-0.3, -0.25) is 30.0 Å². The first-order valence-electron chi connectivity index (χ1n) is 11.5. The average molecular weight is 553 g/mol. The van der Waals surface area contributed by atoms with Gasteiger partial charge in [0.25, 0.3) is 17.1 Å². The third-order valence-corrected chi connectivity index (χ3v) is 7.04. The van der Waals surface area contributed by atoms with Gasteiger partial charge in [0.2, 0.25) is 0 Å². The molecule has 0 unspecified atom stereocenters. The van der Waals surface area contributed by atoms with Gasteiger partial charge in [0.1, 0.15) is 5.75 Å². The molecule has 0 aliphatic carbocycles. The molecular formula is C27H19F3N4O4S. The number of imide groups is 1. The monoisotopic (exact) mass is 552 g/mol. The van der Waals surface area contributed by atoms with Crippen LogP contribution in [0.2, 0.25) is 0 Å². The molecule has 2 aliphatic heterocycles. The van der Waals surface area contributed by atoms with Crippen LogP contribution in [0.5, 0.6) is 5.75 Å². The summed E-state index contributed by atoms with van der Waals surface area (Å²) in [5, 5.41) is 16.3. The maximum atomic E-state index is 13.5. The number of benzene rings is 3. The number of amides is 3. The number of nitrogens with one attached hydrogen (secondary N) is 2. The Balaban J connectivity index is 1.50. The van der Waals surface area contributed by atoms with Crippen LogP contribution in [0.25, 0.3) is 6.08 Å². The quantitative estimate of drug-likeness (QED) is 0.213. The Hall–Kier alpha value is -4.58. The lowest BCUT2D eigenvalue weighted by Crippen LogP contribution is -2.26. The molecule has 8 nitrogen and oxygen atoms in total. The maximum absolute atomic E-state index is 13.5. The number of alkyl halides is 3. The lowest BCUT2D eigenvalue weighted by molar-refractivity contribution is -0.137. The van der Waals surface area contributed by atoms with Crippen molar-refractivity contribution in [2.75, 3.05) is 10.3 Å². The third kappa shape index (κ3) is 4.98. The van der Waals surface area contributed by atoms with Crippen LogP contribution < -0.4 is 15.6 Å². The fourth-order valence-electron chi connectivity index (χ4n) is 4.07. The summed E-state index contributed by atoms with van der Waals surface area (Å²) in [7, 11) is 0. The number of carbonyl (C=O) groups excluding carboxylic acids is 3. The predicted molar refractivity (Wildman–Crippen MR) is 142 cm³/mol. The lowest BCUT2D eigenvalue weighted by atomic mass is 10.1. The molecule has 0 atom stereocenters. The summed E-state index contributed by atoms with van der Waals surface area (Å²) in [6.07, 6.45) is -3.18. The molecule has 0 saturated carbocycles. The number of rotatable bonds is 4. The van der Waals surface area contributed by atoms with E-state index in [0.717, 1.165) is 35.0 Å². The molecule has 12 heteroatoms. The van der Waals surface area contributed by atoms with E-state index < -0.39 is 28.8 Å². The number of thioether (sulfide) groups is 1. The van der Waals surface area contributed by atoms with Gasteiger partial charge in [0.15, 0.2) is 5.71 Å². The fourth-order valence-corrected chi connectivity index (χ4v) is 4.76. The number of halogens is 3. The van der Waals surface area contributed by atoms with Gasteiger partial charge in [-0.1, -0.05) is 12.1 Å². The van der Waals surface area contributed by atoms with Crippen molar-refractivity contribution in [3.63, 3.8) is 0 Å². The van der Waals surface area contributed by atoms with Crippen molar-refractivity contribution in [1.82, 2.24) is 5.32 Å². The zero-order chi connectivity index (χ0) is 28.1. The molecule has 39 heavy (non-hydrogen) atoms. The Labute approximate surface area is 224 Å². The second-order valence-electron chi connectivity index (χ2n) is 8.84. The number of phenols is 1. The molecule has 3 amide bonds. The van der Waals surface area contributed by atoms with Gasteiger partial charge in [0, 0.05) is 11.3 Å². The van der Waals surface area contributed by atoms with E-state index in [1.54, 1.807) is 24.3 Å². The Morgan fingerprint density at radius 1 is 1.00 bits per heavy atom. The molecule has 3 N–H and O–H groups in total. The molecule has 0 aromatic heterocycles. The van der Waals surface area contributed by atoms with Gasteiger partial charge in [-0.05, 0) is 90.8 Å². The molecule has 198 valence electrons. The largest absolute Gasteiger partial charge is 0.506 e. The van der Waals surface area contributed by atoms with Crippen molar-refractivity contribution in [2.45, 2.75) is 20.0 Å². The first kappa shape index (κ1) is 26.0. The van der Waals surface area contributed by atoms with Gasteiger partial charge in [0.05, 0.1) is 21.8 Å². The van der Waals surface area contributed by atoms with Crippen molar-refractivity contribution in [3.8, 4) is 5.75 Å². The van der Waals surface area contributed by atoms with Crippen LogP contribution in [-0.4, -0.2) is 27.9 Å². The minimum absolute atomic E-state index is 0.0340. The number of hydrazone groups is 1. The smallest absolute Gasteiger partial charge is 0.416 e. The van der Waals surface area contributed by atoms with Crippen LogP contribution in [0.1, 0.15) is 27.8 Å². The van der Waals surface area contributed by atoms with Gasteiger partial charge in [-0.15, -0.1) is 0 Å². The third-order valence-electron chi connectivity index (χ3n) is 6.23. The maximum Gasteiger partial charge on any atom is 0.416 e. The Morgan fingerprint density at radius 3 is 2.41 bits per heavy atom. The molecule has 3 aromatic carbocycles. The van der Waals surface area contributed by atoms with Crippen molar-refractivity contribution < 1.29 is 32.7 Å². The number of nitrogens with zero attached hydrogens (tertiary/aromatic N) is 2. The van der Waals surface area contributed by atoms with Gasteiger partial charge < -0.3 is 5.11 Å². The SMILES string of the molecule is Cc1ccc(N2C(=O)C(=NNc3ccc(C=C4SC(=O)NC4=O)cc3O)c3ccc(C(F)(F)F)cc32)cc1C. The molecule has 2 heterocycles. The Morgan fingerprint density at radius 2 is 1.77 bits per heavy atom. The standard InChI is InChI=1S/C27H19F3N4O4S/c1-13-3-6-17(9-14(13)2)34-20-12-16(27(28,29)30)5-7-18(20)23(25(34)37)33-32-19-8-4-15(10-21(19)35)11-22-24(36)31-26(38)39-22/h3-12,32,35H,1-2H3,(H,31,36,38). The van der Waals surface area contributed by atoms with E-state index in [9.17, 15) is 32.7 Å². The second-order valence-corrected chi connectivity index (χ2v) is 9.85. The number of anilines is 3. The highest BCUT2D eigenvalue weighted by Gasteiger charge is 2.39. The topological polar surface area (TPSA) is 111 Å². The van der Waals surface area contributed by atoms with E-state index in [1.807, 2.05) is 13.8 Å². The summed E-state index contributed by atoms with van der Waals surface area (Å²) in [5.74, 6) is -1.46. The van der Waals surface area contributed by atoms with E-state index in [0.29, 0.717) is 11.3 Å². The minimum atomic E-state index is -4.61. The minimum Gasteiger partial charge on any atom is -0.506 e. The highest BCUT2D eigenvalue weighted by molar-refractivity contribution is 8.18. The first-order valence-corrected chi connectivity index (χ1v) is 12.3. The zero-order valence-corrected chi connectivity index (χ0v) is 21.2. The Bertz CT molecular complexity index is 1630. The molecule has 0 radical (unpaired) electrons. The molecule has 1 fully saturated rings. The van der Waals surface area contributed by atoms with Crippen molar-refractivity contribution in [2.24, 2.45) is 5.10 Å². The fraction of sp³-hybridized carbons (Fsp3) is 0.111. The van der Waals surface area contributed by atoms with Gasteiger partial charge in [-0.2, -0.15) is 18.3 Å². The van der Waals surface area contributed by atoms with Crippen LogP contribution in [-0.2, 0) is 15.8 Å². The number of aromatic hydroxyl groups is 1. The number of fused-ring (bicyclic) bond motifs is 1. The van der Waals surface area contributed by atoms with E-state index in [2.05, 4.69) is 15.8 Å². The lowest BCUT2D eigenvalue weighted by Gasteiger charge is -2.19. The average Bonchev–Trinajstić information content (AvgIpc) is 3.33. The Kier molecular flexibility index (Phi) is 6.43. The summed E-state index contributed by atoms with van der Waals surface area (Å²) in [4.78, 5) is 37.9. The van der Waals surface area contributed by atoms with Crippen molar-refractivity contribution in [1.29, 1.82) is 0 Å². The summed E-state index contributed by atoms with van der Waals surface area (Å²) in [6.45, 7) is 3.72. The molecule has 5 rings (SSSR count). The highest BCUT2D eigenvalue weighted by atomic mass is 32.2. The number of carbonyl (C=O) groups is 3. The van der Waals surface area contributed by atoms with Crippen molar-refractivity contribution >= 4 is 57.7 Å². The second kappa shape index (κ2) is 9.62. The van der Waals surface area contributed by atoms with Crippen LogP contribution in [0.3, 0.4) is 0 Å². The first-order chi connectivity index (χ1) is 18.4. The number of hydrogen-bond acceptors (Lipinski definition) is 7. The van der Waals surface area contributed by atoms with Crippen LogP contribution in [0.15, 0.2) is 64.6 Å². The molecular weight excluding hydrogens is 533 g/mol. The summed E-state index contributed by atoms with van der Waals surface area (Å²) in [5.41, 5.74) is 4.53. The zero-order valence-electron chi connectivity index (χ0n) is 20.4. The molecule has 0 bridgehead atoms. The van der Waals surface area contributed by atoms with E-state index >= 15 is 0 Å². The molecule has 3 aromatic rings. The summed E-state index contributed by atoms with van der Waals surface area (Å²) >= 11 is 0.732. The molecule has 0 spiro atoms. The van der Waals surface area contributed by atoms with E-state index in [4.69, 9.17) is 0 Å². The molecule has 1 saturated heterocycles.